The maximum absolute atomic E-state index is 13.8. The van der Waals surface area contributed by atoms with Gasteiger partial charge in [0.25, 0.3) is 0 Å². The number of nitrogens with zero attached hydrogens (tertiary/aromatic N) is 1. The molecule has 1 rings (SSSR count). The minimum Gasteiger partial charge on any atom is -0.490 e. The van der Waals surface area contributed by atoms with Crippen LogP contribution < -0.4 is 10.1 Å². The van der Waals surface area contributed by atoms with E-state index in [-0.39, 0.29) is 23.8 Å². The number of benzene rings is 1. The topological polar surface area (TPSA) is 102 Å². The number of nitro benzene ring substituents is 1. The zero-order valence-electron chi connectivity index (χ0n) is 11.8. The van der Waals surface area contributed by atoms with Crippen LogP contribution in [0.5, 0.6) is 5.75 Å². The number of nitro groups is 1. The zero-order valence-corrected chi connectivity index (χ0v) is 11.8. The van der Waals surface area contributed by atoms with Gasteiger partial charge in [-0.2, -0.15) is 0 Å². The highest BCUT2D eigenvalue weighted by Crippen LogP contribution is 2.32. The van der Waals surface area contributed by atoms with E-state index in [1.807, 2.05) is 6.92 Å². The SMILES string of the molecule is COc1cc(NCC(C)CCC(=O)O)c(F)cc1[N+](=O)[O-]. The van der Waals surface area contributed by atoms with Crippen molar-refractivity contribution < 1.29 is 24.0 Å². The second-order valence-corrected chi connectivity index (χ2v) is 4.68. The summed E-state index contributed by atoms with van der Waals surface area (Å²) in [5.74, 6) is -1.67. The van der Waals surface area contributed by atoms with E-state index in [1.54, 1.807) is 0 Å². The summed E-state index contributed by atoms with van der Waals surface area (Å²) in [5, 5.41) is 22.1. The van der Waals surface area contributed by atoms with Crippen LogP contribution in [-0.2, 0) is 4.79 Å². The van der Waals surface area contributed by atoms with E-state index < -0.39 is 22.4 Å². The van der Waals surface area contributed by atoms with Crippen molar-refractivity contribution >= 4 is 17.3 Å². The van der Waals surface area contributed by atoms with Gasteiger partial charge >= 0.3 is 11.7 Å². The van der Waals surface area contributed by atoms with Crippen LogP contribution in [0.3, 0.4) is 0 Å². The number of nitrogens with one attached hydrogen (secondary N) is 1. The normalized spacial score (nSPS) is 11.8. The van der Waals surface area contributed by atoms with Crippen molar-refractivity contribution in [3.8, 4) is 5.75 Å². The summed E-state index contributed by atoms with van der Waals surface area (Å²) in [6.45, 7) is 2.18. The molecule has 1 aromatic rings. The molecule has 0 aliphatic rings. The average molecular weight is 300 g/mol. The molecule has 1 atom stereocenters. The number of carbonyl (C=O) groups is 1. The third-order valence-electron chi connectivity index (χ3n) is 2.96. The Bertz CT molecular complexity index is 536. The van der Waals surface area contributed by atoms with E-state index in [4.69, 9.17) is 9.84 Å². The van der Waals surface area contributed by atoms with Gasteiger partial charge in [0.05, 0.1) is 23.8 Å². The van der Waals surface area contributed by atoms with Crippen LogP contribution in [0.4, 0.5) is 15.8 Å². The third kappa shape index (κ3) is 4.90. The molecule has 0 radical (unpaired) electrons. The van der Waals surface area contributed by atoms with Crippen molar-refractivity contribution in [1.29, 1.82) is 0 Å². The molecule has 2 N–H and O–H groups in total. The van der Waals surface area contributed by atoms with E-state index in [9.17, 15) is 19.3 Å². The molecule has 1 unspecified atom stereocenters. The highest BCUT2D eigenvalue weighted by atomic mass is 19.1. The number of hydrogen-bond acceptors (Lipinski definition) is 5. The van der Waals surface area contributed by atoms with E-state index in [1.165, 1.54) is 13.2 Å². The number of aliphatic carboxylic acids is 1. The van der Waals surface area contributed by atoms with Gasteiger partial charge in [-0.05, 0) is 12.3 Å². The fraction of sp³-hybridized carbons (Fsp3) is 0.462. The van der Waals surface area contributed by atoms with Gasteiger partial charge in [-0.25, -0.2) is 4.39 Å². The van der Waals surface area contributed by atoms with Crippen LogP contribution >= 0.6 is 0 Å². The number of anilines is 1. The maximum Gasteiger partial charge on any atom is 0.313 e. The van der Waals surface area contributed by atoms with Gasteiger partial charge in [-0.3, -0.25) is 14.9 Å². The van der Waals surface area contributed by atoms with Crippen molar-refractivity contribution in [2.45, 2.75) is 19.8 Å². The third-order valence-corrected chi connectivity index (χ3v) is 2.96. The smallest absolute Gasteiger partial charge is 0.313 e. The second kappa shape index (κ2) is 7.41. The molecule has 0 aliphatic carbocycles. The molecule has 0 bridgehead atoms. The lowest BCUT2D eigenvalue weighted by molar-refractivity contribution is -0.385. The molecule has 8 heteroatoms. The van der Waals surface area contributed by atoms with Crippen LogP contribution in [0.25, 0.3) is 0 Å². The van der Waals surface area contributed by atoms with Gasteiger partial charge < -0.3 is 15.2 Å². The Hall–Kier alpha value is -2.38. The Morgan fingerprint density at radius 1 is 1.57 bits per heavy atom. The van der Waals surface area contributed by atoms with Crippen LogP contribution in [0.15, 0.2) is 12.1 Å². The lowest BCUT2D eigenvalue weighted by Crippen LogP contribution is -2.14. The van der Waals surface area contributed by atoms with Gasteiger partial charge in [-0.1, -0.05) is 6.92 Å². The Labute approximate surface area is 120 Å². The summed E-state index contributed by atoms with van der Waals surface area (Å²) in [5.41, 5.74) is -0.362. The molecule has 116 valence electrons. The largest absolute Gasteiger partial charge is 0.490 e. The van der Waals surface area contributed by atoms with Crippen molar-refractivity contribution in [1.82, 2.24) is 0 Å². The Morgan fingerprint density at radius 3 is 2.76 bits per heavy atom. The number of halogens is 1. The quantitative estimate of drug-likeness (QED) is 0.565. The maximum atomic E-state index is 13.8. The molecule has 0 aromatic heterocycles. The first-order chi connectivity index (χ1) is 9.85. The Kier molecular flexibility index (Phi) is 5.89. The summed E-state index contributed by atoms with van der Waals surface area (Å²) < 4.78 is 18.6. The molecular weight excluding hydrogens is 283 g/mol. The molecule has 7 nitrogen and oxygen atoms in total. The van der Waals surface area contributed by atoms with Gasteiger partial charge in [0.2, 0.25) is 0 Å². The summed E-state index contributed by atoms with van der Waals surface area (Å²) >= 11 is 0. The summed E-state index contributed by atoms with van der Waals surface area (Å²) in [6, 6.07) is 2.01. The minimum atomic E-state index is -0.884. The molecule has 0 spiro atoms. The number of ether oxygens (including phenoxy) is 1. The van der Waals surface area contributed by atoms with Gasteiger partial charge in [0.1, 0.15) is 0 Å². The highest BCUT2D eigenvalue weighted by Gasteiger charge is 2.19. The van der Waals surface area contributed by atoms with E-state index >= 15 is 0 Å². The Morgan fingerprint density at radius 2 is 2.24 bits per heavy atom. The van der Waals surface area contributed by atoms with Crippen molar-refractivity contribution in [2.75, 3.05) is 19.0 Å². The first kappa shape index (κ1) is 16.7. The van der Waals surface area contributed by atoms with E-state index in [0.29, 0.717) is 13.0 Å². The standard InChI is InChI=1S/C13H17FN2O5/c1-8(3-4-13(17)18)7-15-10-6-12(21-2)11(16(19)20)5-9(10)14/h5-6,8,15H,3-4,7H2,1-2H3,(H,17,18). The Balaban J connectivity index is 2.75. The monoisotopic (exact) mass is 300 g/mol. The van der Waals surface area contributed by atoms with Gasteiger partial charge in [0, 0.05) is 19.0 Å². The molecule has 0 saturated heterocycles. The summed E-state index contributed by atoms with van der Waals surface area (Å²) in [4.78, 5) is 20.5. The highest BCUT2D eigenvalue weighted by molar-refractivity contribution is 5.66. The molecular formula is C13H17FN2O5. The lowest BCUT2D eigenvalue weighted by Gasteiger charge is -2.14. The van der Waals surface area contributed by atoms with Crippen LogP contribution in [-0.4, -0.2) is 29.7 Å². The number of carboxylic acids is 1. The number of methoxy groups -OCH3 is 1. The molecule has 21 heavy (non-hydrogen) atoms. The van der Waals surface area contributed by atoms with Crippen LogP contribution in [0.1, 0.15) is 19.8 Å². The predicted octanol–water partition coefficient (Wildman–Crippen LogP) is 2.66. The molecule has 0 amide bonds. The predicted molar refractivity (Wildman–Crippen MR) is 74.1 cm³/mol. The zero-order chi connectivity index (χ0) is 16.0. The summed E-state index contributed by atoms with van der Waals surface area (Å²) in [7, 11) is 1.26. The molecule has 0 saturated carbocycles. The molecule has 0 fully saturated rings. The average Bonchev–Trinajstić information content (AvgIpc) is 2.43. The minimum absolute atomic E-state index is 0.0155. The first-order valence-electron chi connectivity index (χ1n) is 6.32. The fourth-order valence-electron chi connectivity index (χ4n) is 1.74. The van der Waals surface area contributed by atoms with Crippen molar-refractivity contribution in [3.63, 3.8) is 0 Å². The first-order valence-corrected chi connectivity index (χ1v) is 6.32. The van der Waals surface area contributed by atoms with E-state index in [2.05, 4.69) is 5.32 Å². The number of carboxylic acid groups (broad SMARTS) is 1. The fourth-order valence-corrected chi connectivity index (χ4v) is 1.74. The van der Waals surface area contributed by atoms with Gasteiger partial charge in [0.15, 0.2) is 11.6 Å². The number of hydrogen-bond donors (Lipinski definition) is 2. The van der Waals surface area contributed by atoms with Crippen molar-refractivity contribution in [3.05, 3.63) is 28.1 Å². The molecule has 0 heterocycles. The van der Waals surface area contributed by atoms with Crippen LogP contribution in [0.2, 0.25) is 0 Å². The molecule has 1 aromatic carbocycles. The van der Waals surface area contributed by atoms with Crippen molar-refractivity contribution in [2.24, 2.45) is 5.92 Å². The second-order valence-electron chi connectivity index (χ2n) is 4.68. The van der Waals surface area contributed by atoms with Crippen LogP contribution in [0, 0.1) is 21.8 Å². The summed E-state index contributed by atoms with van der Waals surface area (Å²) in [6.07, 6.45) is 0.489. The number of rotatable bonds is 8. The lowest BCUT2D eigenvalue weighted by atomic mass is 10.1. The molecule has 0 aliphatic heterocycles. The van der Waals surface area contributed by atoms with E-state index in [0.717, 1.165) is 6.07 Å². The van der Waals surface area contributed by atoms with Gasteiger partial charge in [-0.15, -0.1) is 0 Å².